The minimum absolute atomic E-state index is 0.0427. The van der Waals surface area contributed by atoms with Crippen LogP contribution in [0, 0.1) is 0 Å². The van der Waals surface area contributed by atoms with Crippen molar-refractivity contribution in [2.75, 3.05) is 36.9 Å². The Kier molecular flexibility index (Phi) is 4.65. The van der Waals surface area contributed by atoms with Gasteiger partial charge in [-0.3, -0.25) is 14.5 Å². The van der Waals surface area contributed by atoms with Gasteiger partial charge in [0.1, 0.15) is 5.03 Å². The number of nitrogens with zero attached hydrogens (tertiary/aromatic N) is 3. The van der Waals surface area contributed by atoms with Crippen molar-refractivity contribution in [2.45, 2.75) is 22.8 Å². The Bertz CT molecular complexity index is 864. The molecule has 1 N–H and O–H groups in total. The van der Waals surface area contributed by atoms with E-state index < -0.39 is 0 Å². The predicted octanol–water partition coefficient (Wildman–Crippen LogP) is 2.86. The van der Waals surface area contributed by atoms with Crippen LogP contribution in [0.25, 0.3) is 0 Å². The maximum Gasteiger partial charge on any atom is 0.259 e. The van der Waals surface area contributed by atoms with Gasteiger partial charge in [-0.25, -0.2) is 4.98 Å². The molecule has 134 valence electrons. The number of fused-ring (bicyclic) bond motifs is 2. The van der Waals surface area contributed by atoms with Gasteiger partial charge in [-0.1, -0.05) is 11.8 Å². The second-order valence-corrected chi connectivity index (χ2v) is 7.57. The van der Waals surface area contributed by atoms with E-state index in [0.717, 1.165) is 41.5 Å². The third-order valence-electron chi connectivity index (χ3n) is 4.68. The van der Waals surface area contributed by atoms with Crippen LogP contribution >= 0.6 is 11.8 Å². The molecule has 1 aromatic carbocycles. The van der Waals surface area contributed by atoms with Gasteiger partial charge in [-0.2, -0.15) is 0 Å². The van der Waals surface area contributed by atoms with E-state index >= 15 is 0 Å². The molecule has 2 aromatic rings. The summed E-state index contributed by atoms with van der Waals surface area (Å²) in [6, 6.07) is 9.19. The molecule has 7 heteroatoms. The van der Waals surface area contributed by atoms with Crippen LogP contribution in [-0.2, 0) is 4.79 Å². The van der Waals surface area contributed by atoms with E-state index in [1.54, 1.807) is 24.2 Å². The number of amides is 2. The van der Waals surface area contributed by atoms with E-state index in [-0.39, 0.29) is 11.8 Å². The molecule has 1 saturated heterocycles. The highest BCUT2D eigenvalue weighted by Gasteiger charge is 2.26. The summed E-state index contributed by atoms with van der Waals surface area (Å²) in [5.74, 6) is -0.145. The molecule has 0 spiro atoms. The maximum atomic E-state index is 12.9. The van der Waals surface area contributed by atoms with Crippen molar-refractivity contribution in [3.8, 4) is 0 Å². The monoisotopic (exact) mass is 368 g/mol. The molecule has 1 aromatic heterocycles. The Labute approximate surface area is 156 Å². The number of pyridine rings is 1. The summed E-state index contributed by atoms with van der Waals surface area (Å²) in [4.78, 5) is 34.1. The number of aromatic nitrogens is 1. The summed E-state index contributed by atoms with van der Waals surface area (Å²) < 4.78 is 0. The molecule has 1 fully saturated rings. The normalized spacial score (nSPS) is 16.8. The van der Waals surface area contributed by atoms with Crippen LogP contribution in [0.3, 0.4) is 0 Å². The summed E-state index contributed by atoms with van der Waals surface area (Å²) in [5, 5.41) is 3.72. The molecule has 6 nitrogen and oxygen atoms in total. The fourth-order valence-electron chi connectivity index (χ4n) is 3.32. The summed E-state index contributed by atoms with van der Waals surface area (Å²) >= 11 is 1.47. The van der Waals surface area contributed by atoms with Crippen LogP contribution in [0.4, 0.5) is 11.4 Å². The SMILES string of the molecule is CN1C(=O)c2cc(NC(=O)CN3CCCC3)ccc2Sc2ncccc21. The van der Waals surface area contributed by atoms with E-state index in [1.165, 1.54) is 11.8 Å². The van der Waals surface area contributed by atoms with Gasteiger partial charge in [0.05, 0.1) is 17.8 Å². The van der Waals surface area contributed by atoms with Crippen molar-refractivity contribution in [3.63, 3.8) is 0 Å². The second-order valence-electron chi connectivity index (χ2n) is 6.54. The highest BCUT2D eigenvalue weighted by Crippen LogP contribution is 2.40. The van der Waals surface area contributed by atoms with E-state index in [2.05, 4.69) is 15.2 Å². The first-order valence-corrected chi connectivity index (χ1v) is 9.50. The lowest BCUT2D eigenvalue weighted by Crippen LogP contribution is -2.31. The van der Waals surface area contributed by atoms with E-state index in [4.69, 9.17) is 0 Å². The molecular weight excluding hydrogens is 348 g/mol. The zero-order valence-corrected chi connectivity index (χ0v) is 15.4. The highest BCUT2D eigenvalue weighted by molar-refractivity contribution is 7.99. The van der Waals surface area contributed by atoms with Crippen molar-refractivity contribution in [2.24, 2.45) is 0 Å². The first-order valence-electron chi connectivity index (χ1n) is 8.69. The zero-order chi connectivity index (χ0) is 18.1. The standard InChI is InChI=1S/C19H20N4O2S/c1-22-15-5-4-8-20-18(15)26-16-7-6-13(11-14(16)19(22)25)21-17(24)12-23-9-2-3-10-23/h4-8,11H,2-3,9-10,12H2,1H3,(H,21,24). The number of carbonyl (C=O) groups is 2. The van der Waals surface area contributed by atoms with Crippen molar-refractivity contribution >= 4 is 35.0 Å². The minimum atomic E-state index is -0.102. The van der Waals surface area contributed by atoms with Gasteiger partial charge in [0, 0.05) is 23.8 Å². The Hall–Kier alpha value is -2.38. The van der Waals surface area contributed by atoms with Gasteiger partial charge in [-0.05, 0) is 56.3 Å². The number of hydrogen-bond donors (Lipinski definition) is 1. The zero-order valence-electron chi connectivity index (χ0n) is 14.6. The molecule has 0 radical (unpaired) electrons. The van der Waals surface area contributed by atoms with Crippen LogP contribution in [0.15, 0.2) is 46.5 Å². The lowest BCUT2D eigenvalue weighted by atomic mass is 10.1. The summed E-state index contributed by atoms with van der Waals surface area (Å²) in [5.41, 5.74) is 2.02. The first-order chi connectivity index (χ1) is 12.6. The number of likely N-dealkylation sites (tertiary alicyclic amines) is 1. The molecule has 0 saturated carbocycles. The van der Waals surface area contributed by atoms with Crippen LogP contribution in [0.5, 0.6) is 0 Å². The van der Waals surface area contributed by atoms with Crippen LogP contribution in [0.1, 0.15) is 23.2 Å². The molecule has 2 amide bonds. The Balaban J connectivity index is 1.57. The van der Waals surface area contributed by atoms with Gasteiger partial charge in [0.15, 0.2) is 0 Å². The molecule has 2 aliphatic rings. The average Bonchev–Trinajstić information content (AvgIpc) is 3.11. The van der Waals surface area contributed by atoms with Gasteiger partial charge in [0.2, 0.25) is 5.91 Å². The first kappa shape index (κ1) is 17.1. The fraction of sp³-hybridized carbons (Fsp3) is 0.316. The van der Waals surface area contributed by atoms with E-state index in [0.29, 0.717) is 17.8 Å². The third kappa shape index (κ3) is 3.32. The van der Waals surface area contributed by atoms with Crippen molar-refractivity contribution in [1.29, 1.82) is 0 Å². The second kappa shape index (κ2) is 7.09. The molecule has 0 unspecified atom stereocenters. The number of anilines is 2. The number of benzene rings is 1. The Morgan fingerprint density at radius 1 is 1.27 bits per heavy atom. The number of hydrogen-bond acceptors (Lipinski definition) is 5. The van der Waals surface area contributed by atoms with Crippen LogP contribution in [-0.4, -0.2) is 48.4 Å². The van der Waals surface area contributed by atoms with E-state index in [9.17, 15) is 9.59 Å². The minimum Gasteiger partial charge on any atom is -0.325 e. The molecule has 26 heavy (non-hydrogen) atoms. The van der Waals surface area contributed by atoms with Crippen molar-refractivity contribution < 1.29 is 9.59 Å². The molecule has 0 aliphatic carbocycles. The number of rotatable bonds is 3. The van der Waals surface area contributed by atoms with Gasteiger partial charge >= 0.3 is 0 Å². The largest absolute Gasteiger partial charge is 0.325 e. The maximum absolute atomic E-state index is 12.9. The molecular formula is C19H20N4O2S. The molecule has 3 heterocycles. The van der Waals surface area contributed by atoms with Gasteiger partial charge in [-0.15, -0.1) is 0 Å². The molecule has 2 aliphatic heterocycles. The van der Waals surface area contributed by atoms with Crippen LogP contribution in [0.2, 0.25) is 0 Å². The lowest BCUT2D eigenvalue weighted by molar-refractivity contribution is -0.117. The smallest absolute Gasteiger partial charge is 0.259 e. The van der Waals surface area contributed by atoms with Gasteiger partial charge in [0.25, 0.3) is 5.91 Å². The summed E-state index contributed by atoms with van der Waals surface area (Å²) in [7, 11) is 1.75. The molecule has 4 rings (SSSR count). The van der Waals surface area contributed by atoms with Crippen molar-refractivity contribution in [3.05, 3.63) is 42.1 Å². The average molecular weight is 368 g/mol. The quantitative estimate of drug-likeness (QED) is 0.902. The summed E-state index contributed by atoms with van der Waals surface area (Å²) in [6.45, 7) is 2.35. The van der Waals surface area contributed by atoms with Crippen LogP contribution < -0.4 is 10.2 Å². The highest BCUT2D eigenvalue weighted by atomic mass is 32.2. The Morgan fingerprint density at radius 3 is 2.88 bits per heavy atom. The fourth-order valence-corrected chi connectivity index (χ4v) is 4.34. The third-order valence-corrected chi connectivity index (χ3v) is 5.77. The predicted molar refractivity (Wildman–Crippen MR) is 102 cm³/mol. The van der Waals surface area contributed by atoms with Crippen molar-refractivity contribution in [1.82, 2.24) is 9.88 Å². The van der Waals surface area contributed by atoms with Gasteiger partial charge < -0.3 is 10.2 Å². The molecule has 0 bridgehead atoms. The summed E-state index contributed by atoms with van der Waals surface area (Å²) in [6.07, 6.45) is 4.03. The number of nitrogens with one attached hydrogen (secondary N) is 1. The topological polar surface area (TPSA) is 65.5 Å². The molecule has 0 atom stereocenters. The van der Waals surface area contributed by atoms with E-state index in [1.807, 2.05) is 24.3 Å². The Morgan fingerprint density at radius 2 is 2.08 bits per heavy atom. The number of carbonyl (C=O) groups excluding carboxylic acids is 2. The lowest BCUT2D eigenvalue weighted by Gasteiger charge is -2.17.